The first-order valence-electron chi connectivity index (χ1n) is 5.29. The molecule has 0 bridgehead atoms. The van der Waals surface area contributed by atoms with E-state index in [2.05, 4.69) is 20.5 Å². The van der Waals surface area contributed by atoms with Crippen molar-refractivity contribution in [1.82, 2.24) is 20.5 Å². The fourth-order valence-corrected chi connectivity index (χ4v) is 1.65. The molecule has 1 aliphatic rings. The number of hydrogen-bond donors (Lipinski definition) is 3. The van der Waals surface area contributed by atoms with Crippen molar-refractivity contribution in [3.63, 3.8) is 0 Å². The number of anilines is 1. The van der Waals surface area contributed by atoms with Gasteiger partial charge in [0.05, 0.1) is 0 Å². The maximum atomic E-state index is 11.6. The van der Waals surface area contributed by atoms with Crippen LogP contribution in [-0.2, 0) is 4.74 Å². The second-order valence-electron chi connectivity index (χ2n) is 3.81. The first-order chi connectivity index (χ1) is 7.75. The van der Waals surface area contributed by atoms with Gasteiger partial charge in [-0.3, -0.25) is 9.89 Å². The SMILES string of the molecule is Nc1n[nH]c(C(=O)NCC2CCOCC2)n1. The number of rotatable bonds is 3. The molecule has 1 aromatic rings. The molecule has 2 rings (SSSR count). The van der Waals surface area contributed by atoms with Crippen LogP contribution in [0.2, 0.25) is 0 Å². The Morgan fingerprint density at radius 2 is 2.31 bits per heavy atom. The molecule has 0 unspecified atom stereocenters. The zero-order chi connectivity index (χ0) is 11.4. The summed E-state index contributed by atoms with van der Waals surface area (Å²) >= 11 is 0. The van der Waals surface area contributed by atoms with Gasteiger partial charge in [0.1, 0.15) is 0 Å². The lowest BCUT2D eigenvalue weighted by atomic mass is 10.0. The van der Waals surface area contributed by atoms with E-state index < -0.39 is 0 Å². The molecule has 1 aromatic heterocycles. The Morgan fingerprint density at radius 1 is 1.56 bits per heavy atom. The van der Waals surface area contributed by atoms with E-state index in [0.717, 1.165) is 26.1 Å². The summed E-state index contributed by atoms with van der Waals surface area (Å²) in [5.74, 6) is 0.453. The molecule has 0 saturated carbocycles. The van der Waals surface area contributed by atoms with Crippen molar-refractivity contribution >= 4 is 11.9 Å². The third kappa shape index (κ3) is 2.69. The average Bonchev–Trinajstić information content (AvgIpc) is 2.74. The van der Waals surface area contributed by atoms with Gasteiger partial charge in [0.15, 0.2) is 0 Å². The molecule has 16 heavy (non-hydrogen) atoms. The number of amides is 1. The van der Waals surface area contributed by atoms with Crippen LogP contribution >= 0.6 is 0 Å². The second-order valence-corrected chi connectivity index (χ2v) is 3.81. The molecule has 88 valence electrons. The topological polar surface area (TPSA) is 106 Å². The van der Waals surface area contributed by atoms with Crippen LogP contribution in [0.3, 0.4) is 0 Å². The number of nitrogens with two attached hydrogens (primary N) is 1. The van der Waals surface area contributed by atoms with Crippen molar-refractivity contribution in [2.24, 2.45) is 5.92 Å². The molecule has 1 fully saturated rings. The van der Waals surface area contributed by atoms with E-state index in [1.54, 1.807) is 0 Å². The molecular weight excluding hydrogens is 210 g/mol. The van der Waals surface area contributed by atoms with Crippen molar-refractivity contribution in [2.45, 2.75) is 12.8 Å². The van der Waals surface area contributed by atoms with Crippen molar-refractivity contribution in [3.05, 3.63) is 5.82 Å². The third-order valence-corrected chi connectivity index (χ3v) is 2.61. The molecule has 0 radical (unpaired) electrons. The Hall–Kier alpha value is -1.63. The number of carbonyl (C=O) groups is 1. The number of H-pyrrole nitrogens is 1. The highest BCUT2D eigenvalue weighted by Gasteiger charge is 2.16. The van der Waals surface area contributed by atoms with Crippen LogP contribution < -0.4 is 11.1 Å². The Bertz CT molecular complexity index is 359. The number of nitrogens with one attached hydrogen (secondary N) is 2. The Balaban J connectivity index is 1.79. The molecule has 2 heterocycles. The maximum absolute atomic E-state index is 11.6. The first-order valence-corrected chi connectivity index (χ1v) is 5.29. The summed E-state index contributed by atoms with van der Waals surface area (Å²) in [6, 6.07) is 0. The Morgan fingerprint density at radius 3 is 2.94 bits per heavy atom. The minimum Gasteiger partial charge on any atom is -0.381 e. The lowest BCUT2D eigenvalue weighted by Crippen LogP contribution is -2.32. The molecule has 7 nitrogen and oxygen atoms in total. The molecule has 0 spiro atoms. The highest BCUT2D eigenvalue weighted by atomic mass is 16.5. The third-order valence-electron chi connectivity index (χ3n) is 2.61. The average molecular weight is 225 g/mol. The van der Waals surface area contributed by atoms with Gasteiger partial charge in [-0.05, 0) is 18.8 Å². The van der Waals surface area contributed by atoms with Gasteiger partial charge in [0, 0.05) is 19.8 Å². The highest BCUT2D eigenvalue weighted by Crippen LogP contribution is 2.13. The van der Waals surface area contributed by atoms with Gasteiger partial charge in [-0.25, -0.2) is 0 Å². The Labute approximate surface area is 92.8 Å². The molecule has 1 amide bonds. The standard InChI is InChI=1S/C9H15N5O2/c10-9-12-7(13-14-9)8(15)11-5-6-1-3-16-4-2-6/h6H,1-5H2,(H,11,15)(H3,10,12,13,14). The minimum absolute atomic E-state index is 0.0798. The summed E-state index contributed by atoms with van der Waals surface area (Å²) < 4.78 is 5.24. The van der Waals surface area contributed by atoms with Crippen LogP contribution in [0, 0.1) is 5.92 Å². The van der Waals surface area contributed by atoms with Gasteiger partial charge < -0.3 is 15.8 Å². The molecule has 1 saturated heterocycles. The maximum Gasteiger partial charge on any atom is 0.288 e. The molecular formula is C9H15N5O2. The largest absolute Gasteiger partial charge is 0.381 e. The fraction of sp³-hybridized carbons (Fsp3) is 0.667. The van der Waals surface area contributed by atoms with Gasteiger partial charge in [-0.2, -0.15) is 4.98 Å². The van der Waals surface area contributed by atoms with E-state index >= 15 is 0 Å². The smallest absolute Gasteiger partial charge is 0.288 e. The number of nitrogen functional groups attached to an aromatic ring is 1. The summed E-state index contributed by atoms with van der Waals surface area (Å²) in [6.07, 6.45) is 1.97. The lowest BCUT2D eigenvalue weighted by molar-refractivity contribution is 0.0641. The normalized spacial score (nSPS) is 17.2. The van der Waals surface area contributed by atoms with Gasteiger partial charge in [-0.15, -0.1) is 5.10 Å². The van der Waals surface area contributed by atoms with Crippen molar-refractivity contribution in [2.75, 3.05) is 25.5 Å². The van der Waals surface area contributed by atoms with E-state index in [-0.39, 0.29) is 17.7 Å². The van der Waals surface area contributed by atoms with Crippen LogP contribution in [0.1, 0.15) is 23.5 Å². The van der Waals surface area contributed by atoms with E-state index in [1.165, 1.54) is 0 Å². The predicted octanol–water partition coefficient (Wildman–Crippen LogP) is -0.457. The van der Waals surface area contributed by atoms with Crippen molar-refractivity contribution in [3.8, 4) is 0 Å². The lowest BCUT2D eigenvalue weighted by Gasteiger charge is -2.21. The summed E-state index contributed by atoms with van der Waals surface area (Å²) in [6.45, 7) is 2.19. The number of ether oxygens (including phenoxy) is 1. The molecule has 7 heteroatoms. The van der Waals surface area contributed by atoms with E-state index in [1.807, 2.05) is 0 Å². The fourth-order valence-electron chi connectivity index (χ4n) is 1.65. The van der Waals surface area contributed by atoms with Gasteiger partial charge in [-0.1, -0.05) is 0 Å². The van der Waals surface area contributed by atoms with Crippen molar-refractivity contribution in [1.29, 1.82) is 0 Å². The molecule has 4 N–H and O–H groups in total. The number of hydrogen-bond acceptors (Lipinski definition) is 5. The van der Waals surface area contributed by atoms with Crippen LogP contribution in [0.15, 0.2) is 0 Å². The molecule has 0 aliphatic carbocycles. The van der Waals surface area contributed by atoms with Crippen LogP contribution in [0.5, 0.6) is 0 Å². The van der Waals surface area contributed by atoms with E-state index in [4.69, 9.17) is 10.5 Å². The summed E-state index contributed by atoms with van der Waals surface area (Å²) in [5.41, 5.74) is 5.31. The monoisotopic (exact) mass is 225 g/mol. The van der Waals surface area contributed by atoms with E-state index in [9.17, 15) is 4.79 Å². The first kappa shape index (κ1) is 10.9. The summed E-state index contributed by atoms with van der Waals surface area (Å²) in [4.78, 5) is 15.3. The number of aromatic nitrogens is 3. The summed E-state index contributed by atoms with van der Waals surface area (Å²) in [7, 11) is 0. The molecule has 0 atom stereocenters. The number of aromatic amines is 1. The second kappa shape index (κ2) is 4.93. The quantitative estimate of drug-likeness (QED) is 0.645. The van der Waals surface area contributed by atoms with Gasteiger partial charge in [0.25, 0.3) is 5.91 Å². The zero-order valence-corrected chi connectivity index (χ0v) is 8.90. The van der Waals surface area contributed by atoms with Gasteiger partial charge in [0.2, 0.25) is 11.8 Å². The van der Waals surface area contributed by atoms with Crippen LogP contribution in [0.4, 0.5) is 5.95 Å². The van der Waals surface area contributed by atoms with Crippen LogP contribution in [-0.4, -0.2) is 40.8 Å². The van der Waals surface area contributed by atoms with E-state index in [0.29, 0.717) is 12.5 Å². The Kier molecular flexibility index (Phi) is 3.35. The van der Waals surface area contributed by atoms with Gasteiger partial charge >= 0.3 is 0 Å². The molecule has 0 aromatic carbocycles. The summed E-state index contributed by atoms with van der Waals surface area (Å²) in [5, 5.41) is 8.86. The number of carbonyl (C=O) groups excluding carboxylic acids is 1. The zero-order valence-electron chi connectivity index (χ0n) is 8.90. The number of nitrogens with zero attached hydrogens (tertiary/aromatic N) is 2. The predicted molar refractivity (Wildman–Crippen MR) is 56.7 cm³/mol. The highest BCUT2D eigenvalue weighted by molar-refractivity contribution is 5.90. The molecule has 1 aliphatic heterocycles. The van der Waals surface area contributed by atoms with Crippen molar-refractivity contribution < 1.29 is 9.53 Å². The van der Waals surface area contributed by atoms with Crippen LogP contribution in [0.25, 0.3) is 0 Å². The minimum atomic E-state index is -0.268.